The second kappa shape index (κ2) is 10.5. The predicted molar refractivity (Wildman–Crippen MR) is 96.9 cm³/mol. The zero-order valence-corrected chi connectivity index (χ0v) is 16.8. The van der Waals surface area contributed by atoms with Crippen LogP contribution in [0.1, 0.15) is 90.4 Å². The maximum atomic E-state index is 14.5. The van der Waals surface area contributed by atoms with Crippen LogP contribution in [0.3, 0.4) is 0 Å². The van der Waals surface area contributed by atoms with Gasteiger partial charge in [-0.3, -0.25) is 0 Å². The number of rotatable bonds is 9. The first kappa shape index (κ1) is 23.8. The Morgan fingerprint density at radius 1 is 0.786 bits per heavy atom. The van der Waals surface area contributed by atoms with E-state index in [1.54, 1.807) is 0 Å². The van der Waals surface area contributed by atoms with Crippen LogP contribution in [0.4, 0.5) is 26.3 Å². The number of hydrogen-bond donors (Lipinski definition) is 0. The van der Waals surface area contributed by atoms with E-state index in [0.29, 0.717) is 38.0 Å². The second-order valence-corrected chi connectivity index (χ2v) is 8.68. The van der Waals surface area contributed by atoms with Crippen LogP contribution < -0.4 is 0 Å². The molecule has 0 heterocycles. The smallest absolute Gasteiger partial charge is 0.307 e. The Balaban J connectivity index is 1.85. The fraction of sp³-hybridized carbons (Fsp3) is 1.00. The van der Waals surface area contributed by atoms with Crippen LogP contribution >= 0.6 is 0 Å². The monoisotopic (exact) mass is 416 g/mol. The van der Waals surface area contributed by atoms with E-state index in [2.05, 4.69) is 4.74 Å². The van der Waals surface area contributed by atoms with Crippen molar-refractivity contribution in [3.05, 3.63) is 0 Å². The molecule has 1 nitrogen and oxygen atoms in total. The van der Waals surface area contributed by atoms with Gasteiger partial charge in [0.25, 0.3) is 0 Å². The highest BCUT2D eigenvalue weighted by molar-refractivity contribution is 4.85. The molecule has 0 aromatic heterocycles. The van der Waals surface area contributed by atoms with Gasteiger partial charge in [-0.2, -0.15) is 22.0 Å². The maximum Gasteiger partial charge on any atom is 0.414 e. The zero-order chi connectivity index (χ0) is 20.8. The number of ether oxygens (including phenoxy) is 1. The van der Waals surface area contributed by atoms with Crippen molar-refractivity contribution in [3.63, 3.8) is 0 Å². The normalized spacial score (nSPS) is 31.0. The standard InChI is InChI=1S/C21H34F6O/c1-2-3-4-5-6-19(20(23,24)25)28-21(26,27)17-11-7-15(8-12-17)16-9-13-18(22)14-10-16/h15-19H,2-14H2,1H3. The van der Waals surface area contributed by atoms with E-state index in [9.17, 15) is 26.3 Å². The first-order chi connectivity index (χ1) is 13.1. The van der Waals surface area contributed by atoms with Crippen molar-refractivity contribution in [3.8, 4) is 0 Å². The van der Waals surface area contributed by atoms with E-state index in [1.807, 2.05) is 6.92 Å². The van der Waals surface area contributed by atoms with E-state index in [4.69, 9.17) is 0 Å². The molecule has 2 fully saturated rings. The number of alkyl halides is 6. The van der Waals surface area contributed by atoms with Crippen LogP contribution in [0, 0.1) is 17.8 Å². The third-order valence-corrected chi connectivity index (χ3v) is 6.60. The van der Waals surface area contributed by atoms with Crippen LogP contribution in [-0.4, -0.2) is 24.6 Å². The highest BCUT2D eigenvalue weighted by atomic mass is 19.4. The molecule has 2 aliphatic carbocycles. The molecule has 0 aromatic rings. The predicted octanol–water partition coefficient (Wildman–Crippen LogP) is 7.83. The van der Waals surface area contributed by atoms with Gasteiger partial charge in [-0.1, -0.05) is 32.6 Å². The molecular formula is C21H34F6O. The molecule has 0 saturated heterocycles. The Hall–Kier alpha value is -0.460. The molecule has 1 unspecified atom stereocenters. The molecule has 7 heteroatoms. The molecule has 0 spiro atoms. The summed E-state index contributed by atoms with van der Waals surface area (Å²) in [4.78, 5) is 0. The van der Waals surface area contributed by atoms with Gasteiger partial charge in [0.15, 0.2) is 6.10 Å². The summed E-state index contributed by atoms with van der Waals surface area (Å²) in [5, 5.41) is 0. The van der Waals surface area contributed by atoms with Crippen LogP contribution in [0.2, 0.25) is 0 Å². The Kier molecular flexibility index (Phi) is 8.96. The average molecular weight is 416 g/mol. The Morgan fingerprint density at radius 3 is 1.82 bits per heavy atom. The average Bonchev–Trinajstić information content (AvgIpc) is 2.64. The quantitative estimate of drug-likeness (QED) is 0.275. The summed E-state index contributed by atoms with van der Waals surface area (Å²) in [5.41, 5.74) is 0. The minimum Gasteiger partial charge on any atom is -0.307 e. The first-order valence-corrected chi connectivity index (χ1v) is 10.9. The first-order valence-electron chi connectivity index (χ1n) is 10.9. The van der Waals surface area contributed by atoms with Gasteiger partial charge in [-0.25, -0.2) is 4.39 Å². The topological polar surface area (TPSA) is 9.23 Å². The van der Waals surface area contributed by atoms with E-state index in [-0.39, 0.29) is 25.2 Å². The van der Waals surface area contributed by atoms with Gasteiger partial charge < -0.3 is 4.74 Å². The highest BCUT2D eigenvalue weighted by Gasteiger charge is 2.51. The summed E-state index contributed by atoms with van der Waals surface area (Å²) in [7, 11) is 0. The molecule has 166 valence electrons. The van der Waals surface area contributed by atoms with Gasteiger partial charge in [0.2, 0.25) is 0 Å². The lowest BCUT2D eigenvalue weighted by Crippen LogP contribution is -2.43. The van der Waals surface area contributed by atoms with Gasteiger partial charge in [0.05, 0.1) is 5.92 Å². The molecule has 0 radical (unpaired) electrons. The lowest BCUT2D eigenvalue weighted by molar-refractivity contribution is -0.347. The molecule has 0 aliphatic heterocycles. The van der Waals surface area contributed by atoms with Crippen molar-refractivity contribution >= 4 is 0 Å². The van der Waals surface area contributed by atoms with Crippen molar-refractivity contribution in [1.82, 2.24) is 0 Å². The fourth-order valence-electron chi connectivity index (χ4n) is 4.81. The highest BCUT2D eigenvalue weighted by Crippen LogP contribution is 2.46. The second-order valence-electron chi connectivity index (χ2n) is 8.68. The Morgan fingerprint density at radius 2 is 1.32 bits per heavy atom. The van der Waals surface area contributed by atoms with Gasteiger partial charge in [0.1, 0.15) is 6.17 Å². The summed E-state index contributed by atoms with van der Waals surface area (Å²) in [6.45, 7) is 1.94. The van der Waals surface area contributed by atoms with Gasteiger partial charge in [0, 0.05) is 0 Å². The van der Waals surface area contributed by atoms with Crippen molar-refractivity contribution < 1.29 is 31.1 Å². The lowest BCUT2D eigenvalue weighted by atomic mass is 9.70. The molecule has 2 rings (SSSR count). The maximum absolute atomic E-state index is 14.5. The third-order valence-electron chi connectivity index (χ3n) is 6.60. The molecule has 0 aromatic carbocycles. The summed E-state index contributed by atoms with van der Waals surface area (Å²) in [6.07, 6.45) is -5.50. The number of halogens is 6. The molecule has 0 amide bonds. The number of unbranched alkanes of at least 4 members (excludes halogenated alkanes) is 3. The zero-order valence-electron chi connectivity index (χ0n) is 16.8. The number of hydrogen-bond acceptors (Lipinski definition) is 1. The van der Waals surface area contributed by atoms with Crippen molar-refractivity contribution in [1.29, 1.82) is 0 Å². The summed E-state index contributed by atoms with van der Waals surface area (Å²) >= 11 is 0. The van der Waals surface area contributed by atoms with Crippen LogP contribution in [-0.2, 0) is 4.74 Å². The minimum absolute atomic E-state index is 0.174. The van der Waals surface area contributed by atoms with E-state index in [1.165, 1.54) is 0 Å². The Labute approximate surface area is 164 Å². The summed E-state index contributed by atoms with van der Waals surface area (Å²) < 4.78 is 86.2. The summed E-state index contributed by atoms with van der Waals surface area (Å²) in [5.74, 6) is -0.516. The molecule has 1 atom stereocenters. The lowest BCUT2D eigenvalue weighted by Gasteiger charge is -2.39. The molecule has 0 bridgehead atoms. The van der Waals surface area contributed by atoms with Crippen molar-refractivity contribution in [2.24, 2.45) is 17.8 Å². The van der Waals surface area contributed by atoms with Crippen molar-refractivity contribution in [2.45, 2.75) is 115 Å². The summed E-state index contributed by atoms with van der Waals surface area (Å²) in [6, 6.07) is 0. The van der Waals surface area contributed by atoms with E-state index >= 15 is 0 Å². The van der Waals surface area contributed by atoms with Crippen LogP contribution in [0.5, 0.6) is 0 Å². The molecule has 2 aliphatic rings. The third kappa shape index (κ3) is 7.10. The molecule has 2 saturated carbocycles. The van der Waals surface area contributed by atoms with Gasteiger partial charge >= 0.3 is 12.3 Å². The molecular weight excluding hydrogens is 382 g/mol. The van der Waals surface area contributed by atoms with Crippen LogP contribution in [0.25, 0.3) is 0 Å². The van der Waals surface area contributed by atoms with Crippen molar-refractivity contribution in [2.75, 3.05) is 0 Å². The minimum atomic E-state index is -4.78. The van der Waals surface area contributed by atoms with Crippen LogP contribution in [0.15, 0.2) is 0 Å². The van der Waals surface area contributed by atoms with Gasteiger partial charge in [-0.05, 0) is 69.6 Å². The Bertz CT molecular complexity index is 437. The molecule has 0 N–H and O–H groups in total. The largest absolute Gasteiger partial charge is 0.414 e. The van der Waals surface area contributed by atoms with Gasteiger partial charge in [-0.15, -0.1) is 0 Å². The SMILES string of the molecule is CCCCCCC(OC(F)(F)C1CCC(C2CCC(F)CC2)CC1)C(F)(F)F. The fourth-order valence-corrected chi connectivity index (χ4v) is 4.81. The van der Waals surface area contributed by atoms with E-state index < -0.39 is 36.9 Å². The van der Waals surface area contributed by atoms with E-state index in [0.717, 1.165) is 25.7 Å². The molecule has 28 heavy (non-hydrogen) atoms.